The minimum atomic E-state index is -1.11. The summed E-state index contributed by atoms with van der Waals surface area (Å²) in [5.41, 5.74) is -0.233. The first-order valence-electron chi connectivity index (χ1n) is 6.70. The van der Waals surface area contributed by atoms with Gasteiger partial charge in [0.05, 0.1) is 11.8 Å². The predicted molar refractivity (Wildman–Crippen MR) is 81.9 cm³/mol. The molecule has 22 heavy (non-hydrogen) atoms. The normalized spacial score (nSPS) is 13.5. The fourth-order valence-electron chi connectivity index (χ4n) is 1.97. The van der Waals surface area contributed by atoms with Crippen LogP contribution in [0.2, 0.25) is 0 Å². The fraction of sp³-hybridized carbons (Fsp3) is 0.267. The van der Waals surface area contributed by atoms with Crippen molar-refractivity contribution in [1.29, 1.82) is 0 Å². The first kappa shape index (κ1) is 16.4. The number of urea groups is 1. The SMILES string of the molecule is C[C@H](C[C@H](O)c1cccs1)NC(=O)Nc1cccc(F)c1F. The number of carbonyl (C=O) groups excluding carboxylic acids is 1. The van der Waals surface area contributed by atoms with Crippen molar-refractivity contribution >= 4 is 23.1 Å². The number of halogens is 2. The third-order valence-corrected chi connectivity index (χ3v) is 4.00. The molecule has 0 unspecified atom stereocenters. The first-order valence-corrected chi connectivity index (χ1v) is 7.58. The quantitative estimate of drug-likeness (QED) is 0.785. The van der Waals surface area contributed by atoms with Crippen molar-refractivity contribution in [2.45, 2.75) is 25.5 Å². The van der Waals surface area contributed by atoms with Gasteiger partial charge in [-0.15, -0.1) is 11.3 Å². The molecule has 4 nitrogen and oxygen atoms in total. The number of thiophene rings is 1. The van der Waals surface area contributed by atoms with Crippen molar-refractivity contribution in [1.82, 2.24) is 5.32 Å². The number of benzene rings is 1. The van der Waals surface area contributed by atoms with E-state index in [1.54, 1.807) is 6.92 Å². The van der Waals surface area contributed by atoms with Crippen LogP contribution in [0.1, 0.15) is 24.3 Å². The summed E-state index contributed by atoms with van der Waals surface area (Å²) in [6.45, 7) is 1.72. The number of aliphatic hydroxyl groups is 1. The van der Waals surface area contributed by atoms with Crippen molar-refractivity contribution < 1.29 is 18.7 Å². The third-order valence-electron chi connectivity index (χ3n) is 3.03. The van der Waals surface area contributed by atoms with Crippen LogP contribution in [0.5, 0.6) is 0 Å². The number of nitrogens with one attached hydrogen (secondary N) is 2. The molecule has 1 heterocycles. The van der Waals surface area contributed by atoms with Crippen LogP contribution in [0.25, 0.3) is 0 Å². The summed E-state index contributed by atoms with van der Waals surface area (Å²) >= 11 is 1.43. The molecule has 1 aromatic carbocycles. The van der Waals surface area contributed by atoms with Crippen LogP contribution < -0.4 is 10.6 Å². The van der Waals surface area contributed by atoms with Crippen LogP contribution in [0.4, 0.5) is 19.3 Å². The molecule has 2 aromatic rings. The molecule has 0 fully saturated rings. The average Bonchev–Trinajstić information content (AvgIpc) is 2.97. The molecule has 3 N–H and O–H groups in total. The van der Waals surface area contributed by atoms with E-state index in [9.17, 15) is 18.7 Å². The maximum atomic E-state index is 13.4. The fourth-order valence-corrected chi connectivity index (χ4v) is 2.70. The van der Waals surface area contributed by atoms with Crippen LogP contribution in [0.15, 0.2) is 35.7 Å². The minimum Gasteiger partial charge on any atom is -0.387 e. The zero-order chi connectivity index (χ0) is 16.1. The Kier molecular flexibility index (Phi) is 5.46. The zero-order valence-electron chi connectivity index (χ0n) is 11.8. The predicted octanol–water partition coefficient (Wildman–Crippen LogP) is 3.66. The Morgan fingerprint density at radius 3 is 2.77 bits per heavy atom. The summed E-state index contributed by atoms with van der Waals surface area (Å²) in [6.07, 6.45) is -0.360. The molecular weight excluding hydrogens is 310 g/mol. The van der Waals surface area contributed by atoms with Gasteiger partial charge in [0, 0.05) is 10.9 Å². The van der Waals surface area contributed by atoms with Crippen molar-refractivity contribution in [3.05, 3.63) is 52.2 Å². The molecule has 2 amide bonds. The van der Waals surface area contributed by atoms with Gasteiger partial charge in [0.1, 0.15) is 0 Å². The minimum absolute atomic E-state index is 0.233. The van der Waals surface area contributed by atoms with Crippen LogP contribution in [-0.2, 0) is 0 Å². The number of amides is 2. The van der Waals surface area contributed by atoms with Gasteiger partial charge in [0.2, 0.25) is 0 Å². The van der Waals surface area contributed by atoms with Gasteiger partial charge in [-0.3, -0.25) is 0 Å². The monoisotopic (exact) mass is 326 g/mol. The van der Waals surface area contributed by atoms with Crippen molar-refractivity contribution in [2.75, 3.05) is 5.32 Å². The highest BCUT2D eigenvalue weighted by molar-refractivity contribution is 7.10. The Hall–Kier alpha value is -1.99. The molecule has 0 saturated carbocycles. The molecule has 2 rings (SSSR count). The van der Waals surface area contributed by atoms with E-state index >= 15 is 0 Å². The van der Waals surface area contributed by atoms with Crippen molar-refractivity contribution in [3.8, 4) is 0 Å². The number of rotatable bonds is 5. The number of hydrogen-bond acceptors (Lipinski definition) is 3. The molecule has 0 bridgehead atoms. The van der Waals surface area contributed by atoms with Gasteiger partial charge in [-0.2, -0.15) is 0 Å². The van der Waals surface area contributed by atoms with Gasteiger partial charge in [-0.1, -0.05) is 12.1 Å². The number of carbonyl (C=O) groups is 1. The third kappa shape index (κ3) is 4.25. The van der Waals surface area contributed by atoms with E-state index in [1.807, 2.05) is 17.5 Å². The summed E-state index contributed by atoms with van der Waals surface area (Å²) in [4.78, 5) is 12.6. The Bertz CT molecular complexity index is 634. The van der Waals surface area contributed by atoms with Gasteiger partial charge in [-0.25, -0.2) is 13.6 Å². The summed E-state index contributed by atoms with van der Waals surface area (Å²) < 4.78 is 26.5. The van der Waals surface area contributed by atoms with Gasteiger partial charge < -0.3 is 15.7 Å². The molecule has 0 saturated heterocycles. The molecule has 0 spiro atoms. The number of anilines is 1. The van der Waals surface area contributed by atoms with E-state index in [0.717, 1.165) is 10.9 Å². The van der Waals surface area contributed by atoms with Crippen LogP contribution in [0, 0.1) is 11.6 Å². The Labute approximate surface area is 130 Å². The second-order valence-electron chi connectivity index (χ2n) is 4.87. The summed E-state index contributed by atoms with van der Waals surface area (Å²) in [5, 5.41) is 16.7. The van der Waals surface area contributed by atoms with E-state index < -0.39 is 23.8 Å². The van der Waals surface area contributed by atoms with Crippen molar-refractivity contribution in [2.24, 2.45) is 0 Å². The van der Waals surface area contributed by atoms with Gasteiger partial charge in [0.15, 0.2) is 11.6 Å². The maximum absolute atomic E-state index is 13.4. The standard InChI is InChI=1S/C15H16F2N2O2S/c1-9(8-12(20)13-6-3-7-22-13)18-15(21)19-11-5-2-4-10(16)14(11)17/h2-7,9,12,20H,8H2,1H3,(H2,18,19,21)/t9-,12+/m1/s1. The lowest BCUT2D eigenvalue weighted by Gasteiger charge is -2.17. The zero-order valence-corrected chi connectivity index (χ0v) is 12.7. The van der Waals surface area contributed by atoms with E-state index in [1.165, 1.54) is 23.5 Å². The molecule has 0 aliphatic carbocycles. The maximum Gasteiger partial charge on any atom is 0.319 e. The lowest BCUT2D eigenvalue weighted by atomic mass is 10.1. The van der Waals surface area contributed by atoms with E-state index in [2.05, 4.69) is 10.6 Å². The molecular formula is C15H16F2N2O2S. The number of aliphatic hydroxyl groups excluding tert-OH is 1. The highest BCUT2D eigenvalue weighted by Gasteiger charge is 2.16. The summed E-state index contributed by atoms with van der Waals surface area (Å²) in [7, 11) is 0. The highest BCUT2D eigenvalue weighted by Crippen LogP contribution is 2.23. The molecule has 118 valence electrons. The lowest BCUT2D eigenvalue weighted by Crippen LogP contribution is -2.37. The van der Waals surface area contributed by atoms with Gasteiger partial charge in [-0.05, 0) is 36.9 Å². The topological polar surface area (TPSA) is 61.4 Å². The molecule has 0 aliphatic rings. The lowest BCUT2D eigenvalue weighted by molar-refractivity contribution is 0.158. The second-order valence-corrected chi connectivity index (χ2v) is 5.85. The van der Waals surface area contributed by atoms with Crippen molar-refractivity contribution in [3.63, 3.8) is 0 Å². The molecule has 7 heteroatoms. The summed E-state index contributed by atoms with van der Waals surface area (Å²) in [6, 6.07) is 6.19. The molecule has 0 aliphatic heterocycles. The van der Waals surface area contributed by atoms with Gasteiger partial charge >= 0.3 is 6.03 Å². The first-order chi connectivity index (χ1) is 10.5. The van der Waals surface area contributed by atoms with Crippen LogP contribution in [-0.4, -0.2) is 17.2 Å². The highest BCUT2D eigenvalue weighted by atomic mass is 32.1. The van der Waals surface area contributed by atoms with E-state index in [4.69, 9.17) is 0 Å². The van der Waals surface area contributed by atoms with Crippen LogP contribution in [0.3, 0.4) is 0 Å². The Morgan fingerprint density at radius 1 is 1.32 bits per heavy atom. The van der Waals surface area contributed by atoms with Crippen LogP contribution >= 0.6 is 11.3 Å². The number of hydrogen-bond donors (Lipinski definition) is 3. The molecule has 2 atom stereocenters. The Morgan fingerprint density at radius 2 is 2.09 bits per heavy atom. The van der Waals surface area contributed by atoms with E-state index in [0.29, 0.717) is 6.42 Å². The van der Waals surface area contributed by atoms with E-state index in [-0.39, 0.29) is 11.7 Å². The average molecular weight is 326 g/mol. The van der Waals surface area contributed by atoms with Gasteiger partial charge in [0.25, 0.3) is 0 Å². The summed E-state index contributed by atoms with van der Waals surface area (Å²) in [5.74, 6) is -2.14. The smallest absolute Gasteiger partial charge is 0.319 e. The molecule has 0 radical (unpaired) electrons. The second kappa shape index (κ2) is 7.33. The Balaban J connectivity index is 1.87. The molecule has 1 aromatic heterocycles. The largest absolute Gasteiger partial charge is 0.387 e.